The van der Waals surface area contributed by atoms with E-state index < -0.39 is 10.0 Å². The van der Waals surface area contributed by atoms with Crippen LogP contribution in [0.4, 0.5) is 5.69 Å². The van der Waals surface area contributed by atoms with Crippen molar-refractivity contribution in [3.8, 4) is 11.5 Å². The van der Waals surface area contributed by atoms with E-state index in [9.17, 15) is 13.2 Å². The van der Waals surface area contributed by atoms with Gasteiger partial charge in [0.25, 0.3) is 5.91 Å². The SMILES string of the molecule is CCOc1ccc(C(=O)Nc2ccc(S(=O)(=O)NC(C)C)cc2)cc1OCC. The van der Waals surface area contributed by atoms with Crippen molar-refractivity contribution in [1.29, 1.82) is 0 Å². The van der Waals surface area contributed by atoms with Crippen molar-refractivity contribution in [2.24, 2.45) is 0 Å². The highest BCUT2D eigenvalue weighted by Crippen LogP contribution is 2.29. The largest absolute Gasteiger partial charge is 0.490 e. The number of anilines is 1. The highest BCUT2D eigenvalue weighted by atomic mass is 32.2. The Labute approximate surface area is 166 Å². The fourth-order valence-corrected chi connectivity index (χ4v) is 3.74. The minimum absolute atomic E-state index is 0.138. The van der Waals surface area contributed by atoms with Crippen molar-refractivity contribution in [3.05, 3.63) is 48.0 Å². The van der Waals surface area contributed by atoms with Crippen LogP contribution in [0.5, 0.6) is 11.5 Å². The Morgan fingerprint density at radius 3 is 2.14 bits per heavy atom. The van der Waals surface area contributed by atoms with E-state index >= 15 is 0 Å². The van der Waals surface area contributed by atoms with E-state index in [0.29, 0.717) is 36.0 Å². The standard InChI is InChI=1S/C20H26N2O5S/c1-5-26-18-12-7-15(13-19(18)27-6-2)20(23)21-16-8-10-17(11-9-16)28(24,25)22-14(3)4/h7-14,22H,5-6H2,1-4H3,(H,21,23). The molecule has 0 aromatic heterocycles. The van der Waals surface area contributed by atoms with Crippen molar-refractivity contribution in [3.63, 3.8) is 0 Å². The molecular formula is C20H26N2O5S. The molecule has 2 rings (SSSR count). The van der Waals surface area contributed by atoms with Crippen molar-refractivity contribution in [1.82, 2.24) is 4.72 Å². The van der Waals surface area contributed by atoms with Gasteiger partial charge in [0.1, 0.15) is 0 Å². The normalized spacial score (nSPS) is 11.3. The average molecular weight is 407 g/mol. The molecule has 0 spiro atoms. The summed E-state index contributed by atoms with van der Waals surface area (Å²) in [6.07, 6.45) is 0. The van der Waals surface area contributed by atoms with Gasteiger partial charge in [-0.2, -0.15) is 0 Å². The van der Waals surface area contributed by atoms with Gasteiger partial charge in [-0.3, -0.25) is 4.79 Å². The van der Waals surface area contributed by atoms with Crippen LogP contribution in [-0.2, 0) is 10.0 Å². The summed E-state index contributed by atoms with van der Waals surface area (Å²) in [7, 11) is -3.57. The quantitative estimate of drug-likeness (QED) is 0.665. The number of carbonyl (C=O) groups excluding carboxylic acids is 1. The Morgan fingerprint density at radius 2 is 1.57 bits per heavy atom. The van der Waals surface area contributed by atoms with Crippen LogP contribution in [0.1, 0.15) is 38.1 Å². The molecule has 28 heavy (non-hydrogen) atoms. The van der Waals surface area contributed by atoms with Crippen molar-refractivity contribution in [2.75, 3.05) is 18.5 Å². The van der Waals surface area contributed by atoms with Crippen LogP contribution in [0.3, 0.4) is 0 Å². The van der Waals surface area contributed by atoms with E-state index in [1.807, 2.05) is 13.8 Å². The molecule has 0 aliphatic carbocycles. The van der Waals surface area contributed by atoms with Gasteiger partial charge in [-0.05, 0) is 70.2 Å². The minimum atomic E-state index is -3.57. The predicted octanol–water partition coefficient (Wildman–Crippen LogP) is 3.42. The van der Waals surface area contributed by atoms with Gasteiger partial charge < -0.3 is 14.8 Å². The van der Waals surface area contributed by atoms with E-state index in [1.165, 1.54) is 12.1 Å². The molecule has 0 unspecified atom stereocenters. The van der Waals surface area contributed by atoms with Gasteiger partial charge in [0.05, 0.1) is 18.1 Å². The molecule has 2 aromatic rings. The maximum atomic E-state index is 12.5. The monoisotopic (exact) mass is 406 g/mol. The van der Waals surface area contributed by atoms with Crippen molar-refractivity contribution < 1.29 is 22.7 Å². The summed E-state index contributed by atoms with van der Waals surface area (Å²) in [5.41, 5.74) is 0.894. The molecule has 8 heteroatoms. The van der Waals surface area contributed by atoms with Crippen LogP contribution >= 0.6 is 0 Å². The minimum Gasteiger partial charge on any atom is -0.490 e. The molecular weight excluding hydrogens is 380 g/mol. The second-order valence-electron chi connectivity index (χ2n) is 6.28. The van der Waals surface area contributed by atoms with Crippen molar-refractivity contribution >= 4 is 21.6 Å². The summed E-state index contributed by atoms with van der Waals surface area (Å²) in [5.74, 6) is 0.742. The second kappa shape index (κ2) is 9.57. The molecule has 0 radical (unpaired) electrons. The summed E-state index contributed by atoms with van der Waals surface area (Å²) in [5, 5.41) is 2.75. The van der Waals surface area contributed by atoms with E-state index in [-0.39, 0.29) is 16.8 Å². The van der Waals surface area contributed by atoms with E-state index in [1.54, 1.807) is 44.2 Å². The predicted molar refractivity (Wildman–Crippen MR) is 109 cm³/mol. The topological polar surface area (TPSA) is 93.7 Å². The fraction of sp³-hybridized carbons (Fsp3) is 0.350. The number of sulfonamides is 1. The van der Waals surface area contributed by atoms with Gasteiger partial charge in [0.2, 0.25) is 10.0 Å². The molecule has 0 aliphatic rings. The Hall–Kier alpha value is -2.58. The Bertz CT molecular complexity index is 909. The van der Waals surface area contributed by atoms with Crippen LogP contribution in [0, 0.1) is 0 Å². The highest BCUT2D eigenvalue weighted by molar-refractivity contribution is 7.89. The Kier molecular flexibility index (Phi) is 7.42. The molecule has 7 nitrogen and oxygen atoms in total. The first-order chi connectivity index (χ1) is 13.3. The summed E-state index contributed by atoms with van der Waals surface area (Å²) in [4.78, 5) is 12.7. The zero-order valence-electron chi connectivity index (χ0n) is 16.5. The number of hydrogen-bond donors (Lipinski definition) is 2. The maximum absolute atomic E-state index is 12.5. The molecule has 0 bridgehead atoms. The molecule has 152 valence electrons. The van der Waals surface area contributed by atoms with Gasteiger partial charge in [0, 0.05) is 17.3 Å². The van der Waals surface area contributed by atoms with Crippen LogP contribution in [-0.4, -0.2) is 33.6 Å². The zero-order valence-corrected chi connectivity index (χ0v) is 17.3. The average Bonchev–Trinajstić information content (AvgIpc) is 2.63. The number of carbonyl (C=O) groups is 1. The van der Waals surface area contributed by atoms with Gasteiger partial charge in [-0.15, -0.1) is 0 Å². The number of rotatable bonds is 9. The third kappa shape index (κ3) is 5.71. The first-order valence-corrected chi connectivity index (χ1v) is 10.6. The molecule has 0 saturated heterocycles. The van der Waals surface area contributed by atoms with Gasteiger partial charge in [-0.25, -0.2) is 13.1 Å². The molecule has 2 aromatic carbocycles. The smallest absolute Gasteiger partial charge is 0.255 e. The molecule has 2 N–H and O–H groups in total. The number of benzene rings is 2. The molecule has 0 aliphatic heterocycles. The van der Waals surface area contributed by atoms with Crippen LogP contribution in [0.15, 0.2) is 47.4 Å². The molecule has 0 saturated carbocycles. The number of nitrogens with one attached hydrogen (secondary N) is 2. The summed E-state index contributed by atoms with van der Waals surface area (Å²) in [6, 6.07) is 10.7. The number of amides is 1. The first-order valence-electron chi connectivity index (χ1n) is 9.10. The molecule has 0 heterocycles. The molecule has 0 fully saturated rings. The Balaban J connectivity index is 2.15. The fourth-order valence-electron chi connectivity index (χ4n) is 2.49. The lowest BCUT2D eigenvalue weighted by Gasteiger charge is -2.13. The Morgan fingerprint density at radius 1 is 0.964 bits per heavy atom. The lowest BCUT2D eigenvalue weighted by atomic mass is 10.2. The van der Waals surface area contributed by atoms with E-state index in [2.05, 4.69) is 10.0 Å². The number of hydrogen-bond acceptors (Lipinski definition) is 5. The zero-order chi connectivity index (χ0) is 20.7. The van der Waals surface area contributed by atoms with Crippen LogP contribution in [0.25, 0.3) is 0 Å². The van der Waals surface area contributed by atoms with Crippen LogP contribution < -0.4 is 19.5 Å². The van der Waals surface area contributed by atoms with Crippen LogP contribution in [0.2, 0.25) is 0 Å². The summed E-state index contributed by atoms with van der Waals surface area (Å²) >= 11 is 0. The maximum Gasteiger partial charge on any atom is 0.255 e. The lowest BCUT2D eigenvalue weighted by molar-refractivity contribution is 0.102. The first kappa shape index (κ1) is 21.7. The van der Waals surface area contributed by atoms with Gasteiger partial charge in [0.15, 0.2) is 11.5 Å². The molecule has 1 amide bonds. The summed E-state index contributed by atoms with van der Waals surface area (Å²) < 4.78 is 37.9. The third-order valence-corrected chi connectivity index (χ3v) is 5.29. The lowest BCUT2D eigenvalue weighted by Crippen LogP contribution is -2.30. The third-order valence-electron chi connectivity index (χ3n) is 3.62. The van der Waals surface area contributed by atoms with E-state index in [0.717, 1.165) is 0 Å². The highest BCUT2D eigenvalue weighted by Gasteiger charge is 2.16. The van der Waals surface area contributed by atoms with E-state index in [4.69, 9.17) is 9.47 Å². The molecule has 0 atom stereocenters. The van der Waals surface area contributed by atoms with Gasteiger partial charge >= 0.3 is 0 Å². The van der Waals surface area contributed by atoms with Gasteiger partial charge in [-0.1, -0.05) is 0 Å². The van der Waals surface area contributed by atoms with Crippen molar-refractivity contribution in [2.45, 2.75) is 38.6 Å². The summed E-state index contributed by atoms with van der Waals surface area (Å²) in [6.45, 7) is 8.17. The number of ether oxygens (including phenoxy) is 2. The second-order valence-corrected chi connectivity index (χ2v) is 8.00.